The minimum absolute atomic E-state index is 0.631. The maximum absolute atomic E-state index is 4.59. The summed E-state index contributed by atoms with van der Waals surface area (Å²) < 4.78 is 0. The minimum Gasteiger partial charge on any atom is -0.347 e. The summed E-state index contributed by atoms with van der Waals surface area (Å²) >= 11 is 0. The molecule has 1 atom stereocenters. The third kappa shape index (κ3) is 3.90. The molecule has 0 saturated heterocycles. The second-order valence-electron chi connectivity index (χ2n) is 6.06. The largest absolute Gasteiger partial charge is 0.347 e. The van der Waals surface area contributed by atoms with Crippen LogP contribution < -0.4 is 10.2 Å². The third-order valence-corrected chi connectivity index (χ3v) is 3.69. The monoisotopic (exact) mass is 262 g/mol. The number of anilines is 1. The highest BCUT2D eigenvalue weighted by molar-refractivity contribution is 5.35. The Labute approximate surface area is 116 Å². The Kier molecular flexibility index (Phi) is 4.40. The number of hydrogen-bond donors (Lipinski definition) is 1. The van der Waals surface area contributed by atoms with Crippen molar-refractivity contribution in [1.29, 1.82) is 0 Å². The molecule has 1 unspecified atom stereocenters. The van der Waals surface area contributed by atoms with Gasteiger partial charge in [0, 0.05) is 31.5 Å². The number of rotatable bonds is 6. The Hall–Kier alpha value is -1.16. The van der Waals surface area contributed by atoms with Gasteiger partial charge in [0.2, 0.25) is 5.95 Å². The van der Waals surface area contributed by atoms with Gasteiger partial charge >= 0.3 is 0 Å². The zero-order chi connectivity index (χ0) is 14.0. The Morgan fingerprint density at radius 3 is 2.26 bits per heavy atom. The summed E-state index contributed by atoms with van der Waals surface area (Å²) in [6.07, 6.45) is 3.77. The van der Waals surface area contributed by atoms with Crippen LogP contribution in [-0.2, 0) is 6.42 Å². The van der Waals surface area contributed by atoms with Crippen LogP contribution in [0, 0.1) is 19.8 Å². The lowest BCUT2D eigenvalue weighted by Gasteiger charge is -2.18. The summed E-state index contributed by atoms with van der Waals surface area (Å²) in [6.45, 7) is 7.59. The molecule has 4 nitrogen and oxygen atoms in total. The van der Waals surface area contributed by atoms with Crippen molar-refractivity contribution in [2.75, 3.05) is 25.5 Å². The molecule has 0 radical (unpaired) electrons. The minimum atomic E-state index is 0.631. The second-order valence-corrected chi connectivity index (χ2v) is 6.06. The Bertz CT molecular complexity index is 415. The van der Waals surface area contributed by atoms with E-state index in [1.807, 2.05) is 19.0 Å². The molecule has 1 saturated carbocycles. The summed E-state index contributed by atoms with van der Waals surface area (Å²) in [5, 5.41) is 3.60. The van der Waals surface area contributed by atoms with Crippen molar-refractivity contribution in [2.45, 2.75) is 46.1 Å². The van der Waals surface area contributed by atoms with Gasteiger partial charge in [-0.25, -0.2) is 9.97 Å². The summed E-state index contributed by atoms with van der Waals surface area (Å²) in [5.41, 5.74) is 3.56. The summed E-state index contributed by atoms with van der Waals surface area (Å²) in [5.74, 6) is 1.44. The number of aryl methyl sites for hydroxylation is 2. The molecule has 0 aliphatic heterocycles. The van der Waals surface area contributed by atoms with E-state index < -0.39 is 0 Å². The smallest absolute Gasteiger partial charge is 0.225 e. The highest BCUT2D eigenvalue weighted by atomic mass is 15.2. The van der Waals surface area contributed by atoms with Crippen LogP contribution in [0.2, 0.25) is 0 Å². The molecule has 2 rings (SSSR count). The normalized spacial score (nSPS) is 16.5. The molecule has 1 aliphatic carbocycles. The van der Waals surface area contributed by atoms with Gasteiger partial charge < -0.3 is 10.2 Å². The quantitative estimate of drug-likeness (QED) is 0.852. The van der Waals surface area contributed by atoms with Gasteiger partial charge in [0.05, 0.1) is 0 Å². The van der Waals surface area contributed by atoms with Crippen molar-refractivity contribution in [3.63, 3.8) is 0 Å². The van der Waals surface area contributed by atoms with E-state index in [-0.39, 0.29) is 0 Å². The van der Waals surface area contributed by atoms with Crippen molar-refractivity contribution in [1.82, 2.24) is 15.3 Å². The molecule has 1 aromatic heterocycles. The lowest BCUT2D eigenvalue weighted by molar-refractivity contribution is 0.505. The van der Waals surface area contributed by atoms with Gasteiger partial charge in [-0.3, -0.25) is 0 Å². The van der Waals surface area contributed by atoms with Crippen molar-refractivity contribution >= 4 is 5.95 Å². The highest BCUT2D eigenvalue weighted by Crippen LogP contribution is 2.21. The highest BCUT2D eigenvalue weighted by Gasteiger charge is 2.21. The first-order valence-corrected chi connectivity index (χ1v) is 7.22. The molecule has 1 aliphatic rings. The van der Waals surface area contributed by atoms with E-state index in [0.717, 1.165) is 36.3 Å². The molecule has 1 N–H and O–H groups in total. The lowest BCUT2D eigenvalue weighted by Crippen LogP contribution is -2.25. The molecular weight excluding hydrogens is 236 g/mol. The fourth-order valence-electron chi connectivity index (χ4n) is 2.29. The van der Waals surface area contributed by atoms with Gasteiger partial charge in [-0.15, -0.1) is 0 Å². The molecule has 106 valence electrons. The molecular formula is C15H26N4. The standard InChI is InChI=1S/C15H26N4/c1-10(9-16-13-6-7-13)8-14-11(2)17-15(19(4)5)18-12(14)3/h10,13,16H,6-9H2,1-5H3. The fourth-order valence-corrected chi connectivity index (χ4v) is 2.29. The van der Waals surface area contributed by atoms with Gasteiger partial charge in [-0.2, -0.15) is 0 Å². The van der Waals surface area contributed by atoms with Gasteiger partial charge in [-0.05, 0) is 51.1 Å². The molecule has 0 bridgehead atoms. The van der Waals surface area contributed by atoms with Crippen LogP contribution in [0.4, 0.5) is 5.95 Å². The van der Waals surface area contributed by atoms with Crippen LogP contribution >= 0.6 is 0 Å². The molecule has 0 spiro atoms. The lowest BCUT2D eigenvalue weighted by atomic mass is 9.99. The van der Waals surface area contributed by atoms with Crippen LogP contribution in [-0.4, -0.2) is 36.6 Å². The number of nitrogens with zero attached hydrogens (tertiary/aromatic N) is 3. The van der Waals surface area contributed by atoms with Gasteiger partial charge in [0.25, 0.3) is 0 Å². The van der Waals surface area contributed by atoms with Crippen molar-refractivity contribution in [2.24, 2.45) is 5.92 Å². The number of aromatic nitrogens is 2. The molecule has 0 amide bonds. The second kappa shape index (κ2) is 5.87. The van der Waals surface area contributed by atoms with Crippen molar-refractivity contribution < 1.29 is 0 Å². The number of hydrogen-bond acceptors (Lipinski definition) is 4. The van der Waals surface area contributed by atoms with E-state index in [1.54, 1.807) is 0 Å². The Balaban J connectivity index is 2.02. The van der Waals surface area contributed by atoms with E-state index in [9.17, 15) is 0 Å². The third-order valence-electron chi connectivity index (χ3n) is 3.69. The van der Waals surface area contributed by atoms with Crippen LogP contribution in [0.3, 0.4) is 0 Å². The van der Waals surface area contributed by atoms with E-state index in [1.165, 1.54) is 18.4 Å². The summed E-state index contributed by atoms with van der Waals surface area (Å²) in [7, 11) is 3.96. The van der Waals surface area contributed by atoms with E-state index in [4.69, 9.17) is 0 Å². The van der Waals surface area contributed by atoms with Crippen LogP contribution in [0.15, 0.2) is 0 Å². The zero-order valence-corrected chi connectivity index (χ0v) is 12.8. The van der Waals surface area contributed by atoms with Gasteiger partial charge in [0.1, 0.15) is 0 Å². The average molecular weight is 262 g/mol. The molecule has 1 heterocycles. The van der Waals surface area contributed by atoms with Crippen LogP contribution in [0.1, 0.15) is 36.7 Å². The summed E-state index contributed by atoms with van der Waals surface area (Å²) in [4.78, 5) is 11.1. The van der Waals surface area contributed by atoms with E-state index in [0.29, 0.717) is 5.92 Å². The Morgan fingerprint density at radius 1 is 1.21 bits per heavy atom. The zero-order valence-electron chi connectivity index (χ0n) is 12.8. The first kappa shape index (κ1) is 14.3. The maximum Gasteiger partial charge on any atom is 0.225 e. The average Bonchev–Trinajstić information content (AvgIpc) is 3.14. The number of nitrogens with one attached hydrogen (secondary N) is 1. The maximum atomic E-state index is 4.59. The Morgan fingerprint density at radius 2 is 1.79 bits per heavy atom. The van der Waals surface area contributed by atoms with Gasteiger partial charge in [0.15, 0.2) is 0 Å². The molecule has 1 aromatic rings. The van der Waals surface area contributed by atoms with E-state index >= 15 is 0 Å². The topological polar surface area (TPSA) is 41.1 Å². The van der Waals surface area contributed by atoms with Crippen molar-refractivity contribution in [3.05, 3.63) is 17.0 Å². The van der Waals surface area contributed by atoms with Crippen LogP contribution in [0.5, 0.6) is 0 Å². The van der Waals surface area contributed by atoms with Crippen LogP contribution in [0.25, 0.3) is 0 Å². The van der Waals surface area contributed by atoms with Gasteiger partial charge in [-0.1, -0.05) is 6.92 Å². The fraction of sp³-hybridized carbons (Fsp3) is 0.733. The molecule has 4 heteroatoms. The molecule has 19 heavy (non-hydrogen) atoms. The predicted octanol–water partition coefficient (Wildman–Crippen LogP) is 2.09. The first-order valence-electron chi connectivity index (χ1n) is 7.22. The van der Waals surface area contributed by atoms with E-state index in [2.05, 4.69) is 36.1 Å². The predicted molar refractivity (Wildman–Crippen MR) is 79.7 cm³/mol. The molecule has 1 fully saturated rings. The molecule has 0 aromatic carbocycles. The first-order chi connectivity index (χ1) is 8.97. The summed E-state index contributed by atoms with van der Waals surface area (Å²) in [6, 6.07) is 0.789. The van der Waals surface area contributed by atoms with Crippen molar-refractivity contribution in [3.8, 4) is 0 Å². The SMILES string of the molecule is Cc1nc(N(C)C)nc(C)c1CC(C)CNC1CC1.